The summed E-state index contributed by atoms with van der Waals surface area (Å²) < 4.78 is 24.5. The van der Waals surface area contributed by atoms with Gasteiger partial charge in [-0.3, -0.25) is 4.79 Å². The molecule has 156 valence electrons. The third kappa shape index (κ3) is 3.86. The molecule has 1 aliphatic heterocycles. The van der Waals surface area contributed by atoms with Crippen LogP contribution >= 0.6 is 0 Å². The number of benzene rings is 1. The second-order valence-electron chi connectivity index (χ2n) is 7.18. The summed E-state index contributed by atoms with van der Waals surface area (Å²) in [5, 5.41) is 7.38. The minimum atomic E-state index is -0.511. The Morgan fingerprint density at radius 3 is 2.83 bits per heavy atom. The van der Waals surface area contributed by atoms with E-state index in [1.54, 1.807) is 35.1 Å². The molecule has 4 rings (SSSR count). The minimum absolute atomic E-state index is 0.178. The van der Waals surface area contributed by atoms with Crippen molar-refractivity contribution >= 4 is 11.9 Å². The van der Waals surface area contributed by atoms with Crippen molar-refractivity contribution in [3.05, 3.63) is 53.4 Å². The Balaban J connectivity index is 1.70. The van der Waals surface area contributed by atoms with E-state index in [1.807, 2.05) is 14.1 Å². The number of ether oxygens (including phenoxy) is 1. The van der Waals surface area contributed by atoms with E-state index in [-0.39, 0.29) is 24.0 Å². The van der Waals surface area contributed by atoms with Gasteiger partial charge in [0.25, 0.3) is 5.91 Å². The Morgan fingerprint density at radius 2 is 2.13 bits per heavy atom. The maximum absolute atomic E-state index is 13.8. The number of hydrogen-bond donors (Lipinski definition) is 0. The van der Waals surface area contributed by atoms with E-state index in [0.29, 0.717) is 41.6 Å². The van der Waals surface area contributed by atoms with Crippen LogP contribution in [0.15, 0.2) is 35.1 Å². The van der Waals surface area contributed by atoms with Crippen molar-refractivity contribution in [2.45, 2.75) is 13.0 Å². The quantitative estimate of drug-likeness (QED) is 0.644. The van der Waals surface area contributed by atoms with Crippen LogP contribution in [-0.2, 0) is 4.74 Å². The smallest absolute Gasteiger partial charge is 0.278 e. The molecule has 1 aliphatic rings. The third-order valence-corrected chi connectivity index (χ3v) is 4.85. The Labute approximate surface area is 172 Å². The van der Waals surface area contributed by atoms with Gasteiger partial charge in [0.05, 0.1) is 18.8 Å². The molecule has 0 N–H and O–H groups in total. The second kappa shape index (κ2) is 8.15. The highest BCUT2D eigenvalue weighted by atomic mass is 19.1. The molecule has 0 saturated carbocycles. The minimum Gasteiger partial charge on any atom is -0.368 e. The van der Waals surface area contributed by atoms with Crippen molar-refractivity contribution in [2.75, 3.05) is 38.7 Å². The molecule has 1 atom stereocenters. The zero-order valence-corrected chi connectivity index (χ0v) is 16.9. The van der Waals surface area contributed by atoms with Crippen LogP contribution in [0.5, 0.6) is 0 Å². The molecule has 3 aromatic rings. The number of carbonyl (C=O) groups is 1. The molecule has 10 heteroatoms. The number of aryl methyl sites for hydroxylation is 1. The summed E-state index contributed by atoms with van der Waals surface area (Å²) in [6, 6.07) is 6.22. The molecule has 1 saturated heterocycles. The van der Waals surface area contributed by atoms with Crippen molar-refractivity contribution in [3.63, 3.8) is 0 Å². The first kappa shape index (κ1) is 19.9. The molecule has 0 unspecified atom stereocenters. The maximum Gasteiger partial charge on any atom is 0.278 e. The molecule has 1 fully saturated rings. The number of rotatable bonds is 4. The lowest BCUT2D eigenvalue weighted by atomic mass is 10.0. The fourth-order valence-electron chi connectivity index (χ4n) is 3.30. The monoisotopic (exact) mass is 412 g/mol. The molecular weight excluding hydrogens is 391 g/mol. The first-order chi connectivity index (χ1) is 14.4. The number of halogens is 1. The highest BCUT2D eigenvalue weighted by Gasteiger charge is 2.31. The number of amides is 1. The van der Waals surface area contributed by atoms with Gasteiger partial charge >= 0.3 is 0 Å². The highest BCUT2D eigenvalue weighted by Crippen LogP contribution is 2.32. The van der Waals surface area contributed by atoms with Crippen LogP contribution in [-0.4, -0.2) is 64.9 Å². The molecule has 3 heterocycles. The van der Waals surface area contributed by atoms with Gasteiger partial charge < -0.3 is 14.5 Å². The Morgan fingerprint density at radius 1 is 1.30 bits per heavy atom. The molecule has 0 spiro atoms. The number of morpholine rings is 1. The van der Waals surface area contributed by atoms with Gasteiger partial charge in [-0.25, -0.2) is 19.0 Å². The number of anilines is 1. The molecule has 9 nitrogen and oxygen atoms in total. The van der Waals surface area contributed by atoms with Gasteiger partial charge in [0, 0.05) is 32.4 Å². The second-order valence-corrected chi connectivity index (χ2v) is 7.18. The lowest BCUT2D eigenvalue weighted by Crippen LogP contribution is -2.43. The van der Waals surface area contributed by atoms with Crippen LogP contribution < -0.4 is 4.90 Å². The molecule has 1 amide bonds. The average molecular weight is 412 g/mol. The van der Waals surface area contributed by atoms with Gasteiger partial charge in [-0.15, -0.1) is 0 Å². The summed E-state index contributed by atoms with van der Waals surface area (Å²) in [6.07, 6.45) is 1.14. The largest absolute Gasteiger partial charge is 0.368 e. The summed E-state index contributed by atoms with van der Waals surface area (Å²) in [4.78, 5) is 25.3. The Bertz CT molecular complexity index is 1070. The van der Waals surface area contributed by atoms with Gasteiger partial charge in [0.15, 0.2) is 5.69 Å². The molecule has 0 bridgehead atoms. The van der Waals surface area contributed by atoms with Gasteiger partial charge in [0.2, 0.25) is 5.95 Å². The molecule has 30 heavy (non-hydrogen) atoms. The predicted octanol–water partition coefficient (Wildman–Crippen LogP) is 2.25. The molecule has 1 aromatic carbocycles. The predicted molar refractivity (Wildman–Crippen MR) is 105 cm³/mol. The zero-order chi connectivity index (χ0) is 21.3. The van der Waals surface area contributed by atoms with Crippen molar-refractivity contribution in [1.29, 1.82) is 0 Å². The number of aromatic nitrogens is 4. The number of hydrogen-bond acceptors (Lipinski definition) is 8. The Kier molecular flexibility index (Phi) is 5.40. The first-order valence-electron chi connectivity index (χ1n) is 9.44. The van der Waals surface area contributed by atoms with Crippen LogP contribution in [0.25, 0.3) is 11.1 Å². The van der Waals surface area contributed by atoms with E-state index >= 15 is 0 Å². The van der Waals surface area contributed by atoms with Crippen LogP contribution in [0.1, 0.15) is 28.0 Å². The first-order valence-corrected chi connectivity index (χ1v) is 9.44. The maximum atomic E-state index is 13.8. The summed E-state index contributed by atoms with van der Waals surface area (Å²) in [5.74, 6) is -0.143. The van der Waals surface area contributed by atoms with Gasteiger partial charge in [-0.1, -0.05) is 17.3 Å². The van der Waals surface area contributed by atoms with E-state index in [1.165, 1.54) is 12.1 Å². The third-order valence-electron chi connectivity index (χ3n) is 4.85. The van der Waals surface area contributed by atoms with Crippen molar-refractivity contribution in [1.82, 2.24) is 25.2 Å². The normalized spacial score (nSPS) is 16.5. The SMILES string of the molecule is Cc1nonc1C(=O)N1CCO[C@H](c2nc(N(C)C)ncc2-c2cccc(F)c2)C1. The standard InChI is InChI=1S/C20H21FN6O3/c1-12-17(25-30-24-12)19(28)27-7-8-29-16(11-27)18-15(10-22-20(23-18)26(2)3)13-5-4-6-14(21)9-13/h4-6,9-10,16H,7-8,11H2,1-3H3/t16-/m0/s1. The van der Waals surface area contributed by atoms with Crippen LogP contribution in [0.4, 0.5) is 10.3 Å². The molecule has 0 aliphatic carbocycles. The van der Waals surface area contributed by atoms with Crippen LogP contribution in [0.3, 0.4) is 0 Å². The summed E-state index contributed by atoms with van der Waals surface area (Å²) >= 11 is 0. The van der Waals surface area contributed by atoms with E-state index < -0.39 is 6.10 Å². The topological polar surface area (TPSA) is 97.5 Å². The summed E-state index contributed by atoms with van der Waals surface area (Å²) in [6.45, 7) is 2.65. The van der Waals surface area contributed by atoms with E-state index in [9.17, 15) is 9.18 Å². The number of carbonyl (C=O) groups excluding carboxylic acids is 1. The van der Waals surface area contributed by atoms with Gasteiger partial charge in [-0.2, -0.15) is 0 Å². The van der Waals surface area contributed by atoms with Crippen molar-refractivity contribution in [2.24, 2.45) is 0 Å². The zero-order valence-electron chi connectivity index (χ0n) is 16.9. The van der Waals surface area contributed by atoms with E-state index in [4.69, 9.17) is 4.74 Å². The lowest BCUT2D eigenvalue weighted by molar-refractivity contribution is -0.0247. The van der Waals surface area contributed by atoms with Crippen molar-refractivity contribution in [3.8, 4) is 11.1 Å². The summed E-state index contributed by atoms with van der Waals surface area (Å²) in [5.41, 5.74) is 2.49. The fourth-order valence-corrected chi connectivity index (χ4v) is 3.30. The van der Waals surface area contributed by atoms with Gasteiger partial charge in [-0.05, 0) is 29.8 Å². The molecule has 0 radical (unpaired) electrons. The van der Waals surface area contributed by atoms with Crippen LogP contribution in [0, 0.1) is 12.7 Å². The Hall–Kier alpha value is -3.40. The lowest BCUT2D eigenvalue weighted by Gasteiger charge is -2.33. The van der Waals surface area contributed by atoms with Gasteiger partial charge in [0.1, 0.15) is 17.6 Å². The summed E-state index contributed by atoms with van der Waals surface area (Å²) in [7, 11) is 3.66. The van der Waals surface area contributed by atoms with E-state index in [0.717, 1.165) is 0 Å². The average Bonchev–Trinajstić information content (AvgIpc) is 3.18. The highest BCUT2D eigenvalue weighted by molar-refractivity contribution is 5.93. The van der Waals surface area contributed by atoms with Crippen LogP contribution in [0.2, 0.25) is 0 Å². The molecule has 2 aromatic heterocycles. The number of nitrogens with zero attached hydrogens (tertiary/aromatic N) is 6. The van der Waals surface area contributed by atoms with E-state index in [2.05, 4.69) is 24.9 Å². The molecular formula is C20H21FN6O3. The fraction of sp³-hybridized carbons (Fsp3) is 0.350. The van der Waals surface area contributed by atoms with Crippen molar-refractivity contribution < 1.29 is 18.6 Å².